The average molecular weight is 138 g/mol. The van der Waals surface area contributed by atoms with Crippen LogP contribution in [-0.2, 0) is 6.42 Å². The number of aliphatic hydroxyl groups excluding tert-OH is 1. The fourth-order valence-electron chi connectivity index (χ4n) is 0.755. The fraction of sp³-hybridized carbons (Fsp3) is 0.250. The molecule has 0 aliphatic heterocycles. The predicted molar refractivity (Wildman–Crippen MR) is 38.8 cm³/mol. The first-order chi connectivity index (χ1) is 4.93. The van der Waals surface area contributed by atoms with Crippen molar-refractivity contribution in [2.75, 3.05) is 0 Å². The van der Waals surface area contributed by atoms with Crippen molar-refractivity contribution in [2.45, 2.75) is 12.8 Å². The van der Waals surface area contributed by atoms with Crippen molar-refractivity contribution in [1.82, 2.24) is 0 Å². The standard InChI is InChI=1S/C8H10O2/c9-6-2-1-4-8-5-3-7-10-8/h2-3,5-7,9H,1,4H2. The molecule has 2 nitrogen and oxygen atoms in total. The average Bonchev–Trinajstić information content (AvgIpc) is 2.41. The summed E-state index contributed by atoms with van der Waals surface area (Å²) in [7, 11) is 0. The molecule has 2 heteroatoms. The van der Waals surface area contributed by atoms with Crippen LogP contribution in [-0.4, -0.2) is 5.11 Å². The van der Waals surface area contributed by atoms with Gasteiger partial charge in [0.15, 0.2) is 0 Å². The van der Waals surface area contributed by atoms with Gasteiger partial charge in [0.05, 0.1) is 12.5 Å². The van der Waals surface area contributed by atoms with E-state index in [0.717, 1.165) is 24.9 Å². The number of hydrogen-bond donors (Lipinski definition) is 1. The van der Waals surface area contributed by atoms with Crippen molar-refractivity contribution in [1.29, 1.82) is 0 Å². The third kappa shape index (κ3) is 1.97. The SMILES string of the molecule is OC=CCCc1ccco1. The van der Waals surface area contributed by atoms with E-state index in [-0.39, 0.29) is 0 Å². The summed E-state index contributed by atoms with van der Waals surface area (Å²) in [5, 5.41) is 8.28. The van der Waals surface area contributed by atoms with Crippen molar-refractivity contribution < 1.29 is 9.52 Å². The van der Waals surface area contributed by atoms with Crippen LogP contribution in [0.15, 0.2) is 35.2 Å². The van der Waals surface area contributed by atoms with E-state index < -0.39 is 0 Å². The summed E-state index contributed by atoms with van der Waals surface area (Å²) >= 11 is 0. The highest BCUT2D eigenvalue weighted by molar-refractivity contribution is 4.99. The molecule has 0 atom stereocenters. The lowest BCUT2D eigenvalue weighted by molar-refractivity contribution is 0.468. The molecule has 1 heterocycles. The molecular formula is C8H10O2. The lowest BCUT2D eigenvalue weighted by atomic mass is 10.2. The van der Waals surface area contributed by atoms with Crippen LogP contribution in [0.1, 0.15) is 12.2 Å². The zero-order chi connectivity index (χ0) is 7.23. The first kappa shape index (κ1) is 6.93. The Morgan fingerprint density at radius 1 is 1.60 bits per heavy atom. The van der Waals surface area contributed by atoms with Gasteiger partial charge in [0.25, 0.3) is 0 Å². The summed E-state index contributed by atoms with van der Waals surface area (Å²) in [5.74, 6) is 0.957. The molecule has 10 heavy (non-hydrogen) atoms. The van der Waals surface area contributed by atoms with Crippen LogP contribution in [0.3, 0.4) is 0 Å². The van der Waals surface area contributed by atoms with E-state index in [1.807, 2.05) is 12.1 Å². The van der Waals surface area contributed by atoms with E-state index in [0.29, 0.717) is 0 Å². The Labute approximate surface area is 59.8 Å². The minimum absolute atomic E-state index is 0.823. The second-order valence-corrected chi connectivity index (χ2v) is 2.00. The second-order valence-electron chi connectivity index (χ2n) is 2.00. The third-order valence-corrected chi connectivity index (χ3v) is 1.24. The monoisotopic (exact) mass is 138 g/mol. The van der Waals surface area contributed by atoms with Gasteiger partial charge < -0.3 is 9.52 Å². The van der Waals surface area contributed by atoms with Gasteiger partial charge in [-0.25, -0.2) is 0 Å². The molecule has 0 aliphatic carbocycles. The Kier molecular flexibility index (Phi) is 2.62. The number of allylic oxidation sites excluding steroid dienone is 1. The van der Waals surface area contributed by atoms with Gasteiger partial charge >= 0.3 is 0 Å². The van der Waals surface area contributed by atoms with E-state index >= 15 is 0 Å². The molecule has 0 aliphatic rings. The minimum atomic E-state index is 0.823. The molecule has 0 aromatic carbocycles. The predicted octanol–water partition coefficient (Wildman–Crippen LogP) is 2.28. The maximum absolute atomic E-state index is 8.28. The van der Waals surface area contributed by atoms with Crippen LogP contribution >= 0.6 is 0 Å². The van der Waals surface area contributed by atoms with Gasteiger partial charge in [-0.15, -0.1) is 0 Å². The summed E-state index contributed by atoms with van der Waals surface area (Å²) < 4.78 is 5.06. The lowest BCUT2D eigenvalue weighted by Gasteiger charge is -1.88. The van der Waals surface area contributed by atoms with Crippen LogP contribution < -0.4 is 0 Å². The summed E-state index contributed by atoms with van der Waals surface area (Å²) in [6, 6.07) is 3.78. The molecular weight excluding hydrogens is 128 g/mol. The maximum Gasteiger partial charge on any atom is 0.104 e. The number of hydrogen-bond acceptors (Lipinski definition) is 2. The van der Waals surface area contributed by atoms with E-state index in [4.69, 9.17) is 9.52 Å². The normalized spacial score (nSPS) is 10.8. The largest absolute Gasteiger partial charge is 0.516 e. The molecule has 1 aromatic rings. The number of aryl methyl sites for hydroxylation is 1. The van der Waals surface area contributed by atoms with E-state index in [1.54, 1.807) is 12.3 Å². The molecule has 1 rings (SSSR count). The van der Waals surface area contributed by atoms with Crippen LogP contribution in [0.2, 0.25) is 0 Å². The van der Waals surface area contributed by atoms with Crippen molar-refractivity contribution in [2.24, 2.45) is 0 Å². The molecule has 0 bridgehead atoms. The Balaban J connectivity index is 2.28. The van der Waals surface area contributed by atoms with Gasteiger partial charge in [0.2, 0.25) is 0 Å². The van der Waals surface area contributed by atoms with Gasteiger partial charge in [-0.2, -0.15) is 0 Å². The Morgan fingerprint density at radius 3 is 3.10 bits per heavy atom. The summed E-state index contributed by atoms with van der Waals surface area (Å²) in [6.45, 7) is 0. The van der Waals surface area contributed by atoms with Gasteiger partial charge in [-0.3, -0.25) is 0 Å². The maximum atomic E-state index is 8.28. The number of rotatable bonds is 3. The fourth-order valence-corrected chi connectivity index (χ4v) is 0.755. The smallest absolute Gasteiger partial charge is 0.104 e. The second kappa shape index (κ2) is 3.77. The van der Waals surface area contributed by atoms with Crippen LogP contribution in [0, 0.1) is 0 Å². The van der Waals surface area contributed by atoms with Crippen molar-refractivity contribution in [3.63, 3.8) is 0 Å². The summed E-state index contributed by atoms with van der Waals surface area (Å²) in [6.07, 6.45) is 6.08. The molecule has 54 valence electrons. The molecule has 0 spiro atoms. The molecule has 1 N–H and O–H groups in total. The first-order valence-electron chi connectivity index (χ1n) is 3.25. The quantitative estimate of drug-likeness (QED) is 0.650. The lowest BCUT2D eigenvalue weighted by Crippen LogP contribution is -1.76. The van der Waals surface area contributed by atoms with Crippen LogP contribution in [0.25, 0.3) is 0 Å². The van der Waals surface area contributed by atoms with E-state index in [9.17, 15) is 0 Å². The molecule has 0 saturated heterocycles. The molecule has 0 unspecified atom stereocenters. The Bertz CT molecular complexity index is 187. The van der Waals surface area contributed by atoms with Crippen LogP contribution in [0.4, 0.5) is 0 Å². The Morgan fingerprint density at radius 2 is 2.50 bits per heavy atom. The van der Waals surface area contributed by atoms with Crippen LogP contribution in [0.5, 0.6) is 0 Å². The van der Waals surface area contributed by atoms with Crippen molar-refractivity contribution >= 4 is 0 Å². The summed E-state index contributed by atoms with van der Waals surface area (Å²) in [4.78, 5) is 0. The van der Waals surface area contributed by atoms with Crippen molar-refractivity contribution in [3.8, 4) is 0 Å². The molecule has 0 fully saturated rings. The number of aliphatic hydroxyl groups is 1. The molecule has 0 saturated carbocycles. The van der Waals surface area contributed by atoms with Gasteiger partial charge in [-0.05, 0) is 24.6 Å². The minimum Gasteiger partial charge on any atom is -0.516 e. The van der Waals surface area contributed by atoms with Gasteiger partial charge in [-0.1, -0.05) is 0 Å². The zero-order valence-electron chi connectivity index (χ0n) is 5.66. The van der Waals surface area contributed by atoms with Crippen molar-refractivity contribution in [3.05, 3.63) is 36.5 Å². The van der Waals surface area contributed by atoms with Gasteiger partial charge in [0.1, 0.15) is 5.76 Å². The highest BCUT2D eigenvalue weighted by Crippen LogP contribution is 2.03. The number of furan rings is 1. The van der Waals surface area contributed by atoms with E-state index in [1.165, 1.54) is 0 Å². The molecule has 1 aromatic heterocycles. The topological polar surface area (TPSA) is 33.4 Å². The zero-order valence-corrected chi connectivity index (χ0v) is 5.66. The Hall–Kier alpha value is -1.18. The third-order valence-electron chi connectivity index (χ3n) is 1.24. The van der Waals surface area contributed by atoms with E-state index in [2.05, 4.69) is 0 Å². The molecule has 0 amide bonds. The first-order valence-corrected chi connectivity index (χ1v) is 3.25. The highest BCUT2D eigenvalue weighted by Gasteiger charge is 1.90. The van der Waals surface area contributed by atoms with Gasteiger partial charge in [0, 0.05) is 6.42 Å². The molecule has 0 radical (unpaired) electrons. The highest BCUT2D eigenvalue weighted by atomic mass is 16.3. The summed E-state index contributed by atoms with van der Waals surface area (Å²) in [5.41, 5.74) is 0.